The predicted octanol–water partition coefficient (Wildman–Crippen LogP) is 3.50. The van der Waals surface area contributed by atoms with Crippen LogP contribution in [0.15, 0.2) is 24.3 Å². The summed E-state index contributed by atoms with van der Waals surface area (Å²) in [5, 5.41) is 4.58. The van der Waals surface area contributed by atoms with Crippen LogP contribution in [-0.2, 0) is 0 Å². The van der Waals surface area contributed by atoms with Crippen molar-refractivity contribution in [3.63, 3.8) is 0 Å². The first-order valence-electron chi connectivity index (χ1n) is 7.05. The van der Waals surface area contributed by atoms with Gasteiger partial charge < -0.3 is 14.8 Å². The van der Waals surface area contributed by atoms with Crippen LogP contribution >= 0.6 is 11.3 Å². The molecule has 0 radical (unpaired) electrons. The summed E-state index contributed by atoms with van der Waals surface area (Å²) in [5.74, 6) is 1.54. The van der Waals surface area contributed by atoms with Crippen molar-refractivity contribution in [2.24, 2.45) is 0 Å². The Balaban J connectivity index is 1.80. The molecule has 2 rings (SSSR count). The lowest BCUT2D eigenvalue weighted by molar-refractivity contribution is 0.288. The molecule has 0 fully saturated rings. The fraction of sp³-hybridized carbons (Fsp3) is 0.438. The summed E-state index contributed by atoms with van der Waals surface area (Å²) in [7, 11) is 1.65. The van der Waals surface area contributed by atoms with Gasteiger partial charge in [-0.05, 0) is 32.9 Å². The number of benzene rings is 1. The Hall–Kier alpha value is -1.59. The maximum absolute atomic E-state index is 5.75. The summed E-state index contributed by atoms with van der Waals surface area (Å²) >= 11 is 1.75. The Morgan fingerprint density at radius 3 is 2.57 bits per heavy atom. The molecule has 0 saturated heterocycles. The van der Waals surface area contributed by atoms with Crippen LogP contribution in [0.1, 0.15) is 28.5 Å². The summed E-state index contributed by atoms with van der Waals surface area (Å²) in [5.41, 5.74) is 1.11. The number of aromatic nitrogens is 1. The quantitative estimate of drug-likeness (QED) is 0.795. The second-order valence-corrected chi connectivity index (χ2v) is 6.09. The topological polar surface area (TPSA) is 43.4 Å². The van der Waals surface area contributed by atoms with Gasteiger partial charge in [-0.15, -0.1) is 11.3 Å². The van der Waals surface area contributed by atoms with Gasteiger partial charge in [0.2, 0.25) is 0 Å². The van der Waals surface area contributed by atoms with E-state index in [1.165, 1.54) is 4.88 Å². The Kier molecular flexibility index (Phi) is 5.59. The molecule has 0 amide bonds. The molecular weight excluding hydrogens is 284 g/mol. The highest BCUT2D eigenvalue weighted by molar-refractivity contribution is 7.11. The van der Waals surface area contributed by atoms with Crippen LogP contribution in [0.3, 0.4) is 0 Å². The van der Waals surface area contributed by atoms with Crippen LogP contribution < -0.4 is 14.8 Å². The molecule has 0 aliphatic heterocycles. The van der Waals surface area contributed by atoms with Crippen molar-refractivity contribution in [2.75, 3.05) is 20.3 Å². The highest BCUT2D eigenvalue weighted by Gasteiger charge is 2.12. The van der Waals surface area contributed by atoms with Crippen LogP contribution in [0.2, 0.25) is 0 Å². The van der Waals surface area contributed by atoms with E-state index in [1.807, 2.05) is 31.2 Å². The maximum atomic E-state index is 5.75. The van der Waals surface area contributed by atoms with Crippen molar-refractivity contribution in [2.45, 2.75) is 26.8 Å². The van der Waals surface area contributed by atoms with Gasteiger partial charge in [0.1, 0.15) is 6.61 Å². The molecule has 0 spiro atoms. The summed E-state index contributed by atoms with van der Waals surface area (Å²) in [6, 6.07) is 7.98. The van der Waals surface area contributed by atoms with E-state index < -0.39 is 0 Å². The highest BCUT2D eigenvalue weighted by atomic mass is 32.1. The second kappa shape index (κ2) is 7.43. The molecule has 4 nitrogen and oxygen atoms in total. The molecule has 0 aliphatic rings. The standard InChI is InChI=1S/C16H22N2O2S/c1-11(16-12(2)18-13(3)21-16)17-9-10-20-15-8-6-5-7-14(15)19-4/h5-8,11,17H,9-10H2,1-4H3. The molecule has 114 valence electrons. The summed E-state index contributed by atoms with van der Waals surface area (Å²) in [6.07, 6.45) is 0. The molecule has 1 N–H and O–H groups in total. The van der Waals surface area contributed by atoms with E-state index in [0.717, 1.165) is 28.7 Å². The summed E-state index contributed by atoms with van der Waals surface area (Å²) in [6.45, 7) is 7.63. The number of hydrogen-bond donors (Lipinski definition) is 1. The van der Waals surface area contributed by atoms with Crippen LogP contribution in [0.5, 0.6) is 11.5 Å². The van der Waals surface area contributed by atoms with Gasteiger partial charge in [0.15, 0.2) is 11.5 Å². The van der Waals surface area contributed by atoms with Crippen LogP contribution in [-0.4, -0.2) is 25.2 Å². The van der Waals surface area contributed by atoms with Gasteiger partial charge in [0, 0.05) is 17.5 Å². The normalized spacial score (nSPS) is 12.2. The first kappa shape index (κ1) is 15.8. The number of thiazole rings is 1. The second-order valence-electron chi connectivity index (χ2n) is 4.86. The van der Waals surface area contributed by atoms with Crippen molar-refractivity contribution in [1.29, 1.82) is 0 Å². The number of para-hydroxylation sites is 2. The Labute approximate surface area is 130 Å². The van der Waals surface area contributed by atoms with Gasteiger partial charge in [0.05, 0.1) is 17.8 Å². The van der Waals surface area contributed by atoms with Crippen molar-refractivity contribution in [3.05, 3.63) is 39.8 Å². The van der Waals surface area contributed by atoms with Crippen LogP contribution in [0.25, 0.3) is 0 Å². The molecule has 1 atom stereocenters. The van der Waals surface area contributed by atoms with Crippen molar-refractivity contribution in [3.8, 4) is 11.5 Å². The van der Waals surface area contributed by atoms with Crippen molar-refractivity contribution < 1.29 is 9.47 Å². The van der Waals surface area contributed by atoms with E-state index in [9.17, 15) is 0 Å². The Morgan fingerprint density at radius 2 is 1.95 bits per heavy atom. The smallest absolute Gasteiger partial charge is 0.161 e. The molecular formula is C16H22N2O2S. The minimum absolute atomic E-state index is 0.289. The lowest BCUT2D eigenvalue weighted by Gasteiger charge is -2.14. The number of methoxy groups -OCH3 is 1. The number of ether oxygens (including phenoxy) is 2. The van der Waals surface area contributed by atoms with Gasteiger partial charge in [0.25, 0.3) is 0 Å². The zero-order valence-electron chi connectivity index (χ0n) is 13.0. The van der Waals surface area contributed by atoms with Gasteiger partial charge in [-0.3, -0.25) is 0 Å². The number of nitrogens with one attached hydrogen (secondary N) is 1. The lowest BCUT2D eigenvalue weighted by atomic mass is 10.2. The molecule has 0 saturated carbocycles. The molecule has 1 unspecified atom stereocenters. The van der Waals surface area contributed by atoms with Gasteiger partial charge in [-0.2, -0.15) is 0 Å². The average molecular weight is 306 g/mol. The Morgan fingerprint density at radius 1 is 1.24 bits per heavy atom. The molecule has 0 bridgehead atoms. The monoisotopic (exact) mass is 306 g/mol. The van der Waals surface area contributed by atoms with Crippen molar-refractivity contribution >= 4 is 11.3 Å². The number of aryl methyl sites for hydroxylation is 2. The van der Waals surface area contributed by atoms with Crippen molar-refractivity contribution in [1.82, 2.24) is 10.3 Å². The van der Waals surface area contributed by atoms with Gasteiger partial charge >= 0.3 is 0 Å². The third kappa shape index (κ3) is 4.19. The highest BCUT2D eigenvalue weighted by Crippen LogP contribution is 2.26. The first-order chi connectivity index (χ1) is 10.1. The van der Waals surface area contributed by atoms with Gasteiger partial charge in [-0.25, -0.2) is 4.98 Å². The van der Waals surface area contributed by atoms with E-state index >= 15 is 0 Å². The molecule has 1 heterocycles. The van der Waals surface area contributed by atoms with E-state index in [1.54, 1.807) is 18.4 Å². The third-order valence-corrected chi connectivity index (χ3v) is 4.47. The molecule has 0 aliphatic carbocycles. The lowest BCUT2D eigenvalue weighted by Crippen LogP contribution is -2.24. The fourth-order valence-corrected chi connectivity index (χ4v) is 3.17. The van der Waals surface area contributed by atoms with Crippen LogP contribution in [0, 0.1) is 13.8 Å². The minimum Gasteiger partial charge on any atom is -0.493 e. The zero-order chi connectivity index (χ0) is 15.2. The van der Waals surface area contributed by atoms with E-state index in [2.05, 4.69) is 24.1 Å². The zero-order valence-corrected chi connectivity index (χ0v) is 13.8. The summed E-state index contributed by atoms with van der Waals surface area (Å²) < 4.78 is 11.0. The van der Waals surface area contributed by atoms with E-state index in [-0.39, 0.29) is 6.04 Å². The SMILES string of the molecule is COc1ccccc1OCCNC(C)c1sc(C)nc1C. The molecule has 21 heavy (non-hydrogen) atoms. The summed E-state index contributed by atoms with van der Waals surface area (Å²) in [4.78, 5) is 5.76. The third-order valence-electron chi connectivity index (χ3n) is 3.21. The molecule has 2 aromatic rings. The molecule has 1 aromatic heterocycles. The maximum Gasteiger partial charge on any atom is 0.161 e. The number of nitrogens with zero attached hydrogens (tertiary/aromatic N) is 1. The fourth-order valence-electron chi connectivity index (χ4n) is 2.22. The molecule has 5 heteroatoms. The average Bonchev–Trinajstić information content (AvgIpc) is 2.82. The van der Waals surface area contributed by atoms with E-state index in [4.69, 9.17) is 9.47 Å². The van der Waals surface area contributed by atoms with Gasteiger partial charge in [-0.1, -0.05) is 12.1 Å². The largest absolute Gasteiger partial charge is 0.493 e. The predicted molar refractivity (Wildman–Crippen MR) is 86.5 cm³/mol. The first-order valence-corrected chi connectivity index (χ1v) is 7.86. The number of hydrogen-bond acceptors (Lipinski definition) is 5. The minimum atomic E-state index is 0.289. The number of rotatable bonds is 7. The van der Waals surface area contributed by atoms with Crippen LogP contribution in [0.4, 0.5) is 0 Å². The van der Waals surface area contributed by atoms with E-state index in [0.29, 0.717) is 6.61 Å². The Bertz CT molecular complexity index is 583. The molecule has 1 aromatic carbocycles.